The van der Waals surface area contributed by atoms with E-state index in [9.17, 15) is 9.59 Å². The first-order chi connectivity index (χ1) is 13.1. The first-order valence-electron chi connectivity index (χ1n) is 8.33. The lowest BCUT2D eigenvalue weighted by molar-refractivity contribution is 0.0474. The summed E-state index contributed by atoms with van der Waals surface area (Å²) >= 11 is 3.40. The van der Waals surface area contributed by atoms with Gasteiger partial charge in [0.1, 0.15) is 0 Å². The number of hydrogen-bond acceptors (Lipinski definition) is 4. The molecule has 0 aliphatic carbocycles. The predicted octanol–water partition coefficient (Wildman–Crippen LogP) is 4.65. The number of aliphatic hydroxyl groups is 1. The van der Waals surface area contributed by atoms with Crippen LogP contribution in [0.2, 0.25) is 0 Å². The average molecular weight is 425 g/mol. The molecule has 3 rings (SSSR count). The third kappa shape index (κ3) is 4.90. The van der Waals surface area contributed by atoms with Gasteiger partial charge in [0.15, 0.2) is 12.4 Å². The fourth-order valence-electron chi connectivity index (χ4n) is 2.53. The normalized spacial score (nSPS) is 10.4. The van der Waals surface area contributed by atoms with Gasteiger partial charge in [0.2, 0.25) is 0 Å². The molecule has 0 saturated carbocycles. The van der Waals surface area contributed by atoms with Crippen molar-refractivity contribution in [2.24, 2.45) is 0 Å². The highest BCUT2D eigenvalue weighted by Gasteiger charge is 2.12. The van der Waals surface area contributed by atoms with Gasteiger partial charge in [0, 0.05) is 10.0 Å². The molecule has 0 atom stereocenters. The third-order valence-electron chi connectivity index (χ3n) is 4.09. The molecular weight excluding hydrogens is 408 g/mol. The molecular formula is C22H17BrO4. The SMILES string of the molecule is O=C(COC(=O)c1ccc(CO)cc1)c1ccc(-c2ccc(Br)cc2)cc1. The number of rotatable bonds is 6. The molecule has 0 saturated heterocycles. The second-order valence-corrected chi connectivity index (χ2v) is 6.85. The number of halogens is 1. The molecule has 0 spiro atoms. The molecule has 0 amide bonds. The maximum absolute atomic E-state index is 12.3. The van der Waals surface area contributed by atoms with Gasteiger partial charge in [0.05, 0.1) is 12.2 Å². The van der Waals surface area contributed by atoms with Gasteiger partial charge in [-0.25, -0.2) is 4.79 Å². The van der Waals surface area contributed by atoms with E-state index in [0.717, 1.165) is 15.6 Å². The molecule has 5 heteroatoms. The second kappa shape index (κ2) is 8.75. The van der Waals surface area contributed by atoms with Gasteiger partial charge in [-0.05, 0) is 41.0 Å². The van der Waals surface area contributed by atoms with Crippen molar-refractivity contribution in [3.8, 4) is 11.1 Å². The van der Waals surface area contributed by atoms with Crippen molar-refractivity contribution < 1.29 is 19.4 Å². The van der Waals surface area contributed by atoms with Crippen LogP contribution in [0.3, 0.4) is 0 Å². The molecule has 136 valence electrons. The number of ketones is 1. The maximum Gasteiger partial charge on any atom is 0.338 e. The Morgan fingerprint density at radius 2 is 1.30 bits per heavy atom. The Kier molecular flexibility index (Phi) is 6.16. The summed E-state index contributed by atoms with van der Waals surface area (Å²) in [4.78, 5) is 24.3. The van der Waals surface area contributed by atoms with E-state index in [1.807, 2.05) is 36.4 Å². The van der Waals surface area contributed by atoms with Gasteiger partial charge >= 0.3 is 5.97 Å². The largest absolute Gasteiger partial charge is 0.454 e. The standard InChI is InChI=1S/C22H17BrO4/c23-20-11-9-17(10-12-20)16-5-7-18(8-6-16)21(25)14-27-22(26)19-3-1-15(13-24)2-4-19/h1-12,24H,13-14H2. The summed E-state index contributed by atoms with van der Waals surface area (Å²) in [6, 6.07) is 21.5. The van der Waals surface area contributed by atoms with E-state index < -0.39 is 5.97 Å². The van der Waals surface area contributed by atoms with Gasteiger partial charge in [0.25, 0.3) is 0 Å². The number of hydrogen-bond donors (Lipinski definition) is 1. The monoisotopic (exact) mass is 424 g/mol. The highest BCUT2D eigenvalue weighted by atomic mass is 79.9. The van der Waals surface area contributed by atoms with E-state index in [-0.39, 0.29) is 19.0 Å². The van der Waals surface area contributed by atoms with Crippen LogP contribution in [0, 0.1) is 0 Å². The number of esters is 1. The Morgan fingerprint density at radius 1 is 0.778 bits per heavy atom. The lowest BCUT2D eigenvalue weighted by Gasteiger charge is -2.06. The van der Waals surface area contributed by atoms with Crippen molar-refractivity contribution in [1.82, 2.24) is 0 Å². The Morgan fingerprint density at radius 3 is 1.85 bits per heavy atom. The van der Waals surface area contributed by atoms with E-state index in [0.29, 0.717) is 16.7 Å². The highest BCUT2D eigenvalue weighted by Crippen LogP contribution is 2.22. The topological polar surface area (TPSA) is 63.6 Å². The molecule has 1 N–H and O–H groups in total. The predicted molar refractivity (Wildman–Crippen MR) is 107 cm³/mol. The van der Waals surface area contributed by atoms with Gasteiger partial charge < -0.3 is 9.84 Å². The summed E-state index contributed by atoms with van der Waals surface area (Å²) in [5, 5.41) is 9.01. The first kappa shape index (κ1) is 19.0. The highest BCUT2D eigenvalue weighted by molar-refractivity contribution is 9.10. The second-order valence-electron chi connectivity index (χ2n) is 5.94. The fourth-order valence-corrected chi connectivity index (χ4v) is 2.80. The molecule has 0 aromatic heterocycles. The van der Waals surface area contributed by atoms with Crippen molar-refractivity contribution in [3.63, 3.8) is 0 Å². The third-order valence-corrected chi connectivity index (χ3v) is 4.62. The minimum Gasteiger partial charge on any atom is -0.454 e. The minimum absolute atomic E-state index is 0.0932. The molecule has 4 nitrogen and oxygen atoms in total. The van der Waals surface area contributed by atoms with Gasteiger partial charge in [-0.15, -0.1) is 0 Å². The van der Waals surface area contributed by atoms with Crippen LogP contribution in [0.1, 0.15) is 26.3 Å². The molecule has 3 aromatic rings. The maximum atomic E-state index is 12.3. The summed E-state index contributed by atoms with van der Waals surface area (Å²) in [5.41, 5.74) is 3.58. The van der Waals surface area contributed by atoms with E-state index in [1.165, 1.54) is 0 Å². The molecule has 0 unspecified atom stereocenters. The summed E-state index contributed by atoms with van der Waals surface area (Å²) < 4.78 is 6.10. The van der Waals surface area contributed by atoms with Crippen LogP contribution >= 0.6 is 15.9 Å². The molecule has 0 aliphatic rings. The first-order valence-corrected chi connectivity index (χ1v) is 9.12. The smallest absolute Gasteiger partial charge is 0.338 e. The Bertz CT molecular complexity index is 930. The van der Waals surface area contributed by atoms with Crippen molar-refractivity contribution in [1.29, 1.82) is 0 Å². The summed E-state index contributed by atoms with van der Waals surface area (Å²) in [7, 11) is 0. The average Bonchev–Trinajstić information content (AvgIpc) is 2.72. The van der Waals surface area contributed by atoms with Gasteiger partial charge in [-0.1, -0.05) is 64.5 Å². The molecule has 3 aromatic carbocycles. The molecule has 0 fully saturated rings. The van der Waals surface area contributed by atoms with Crippen LogP contribution in [0.5, 0.6) is 0 Å². The van der Waals surface area contributed by atoms with Crippen LogP contribution in [0.15, 0.2) is 77.3 Å². The molecule has 27 heavy (non-hydrogen) atoms. The number of benzene rings is 3. The quantitative estimate of drug-likeness (QED) is 0.462. The van der Waals surface area contributed by atoms with E-state index in [1.54, 1.807) is 36.4 Å². The van der Waals surface area contributed by atoms with Crippen molar-refractivity contribution >= 4 is 27.7 Å². The zero-order valence-electron chi connectivity index (χ0n) is 14.4. The molecule has 0 aliphatic heterocycles. The summed E-state index contributed by atoms with van der Waals surface area (Å²) in [6.07, 6.45) is 0. The Balaban J connectivity index is 1.60. The zero-order chi connectivity index (χ0) is 19.2. The number of carbonyl (C=O) groups excluding carboxylic acids is 2. The van der Waals surface area contributed by atoms with E-state index in [2.05, 4.69) is 15.9 Å². The zero-order valence-corrected chi connectivity index (χ0v) is 16.0. The number of carbonyl (C=O) groups is 2. The summed E-state index contributed by atoms with van der Waals surface area (Å²) in [6.45, 7) is -0.414. The van der Waals surface area contributed by atoms with Crippen molar-refractivity contribution in [2.45, 2.75) is 6.61 Å². The Labute approximate surface area is 165 Å². The molecule has 0 radical (unpaired) electrons. The summed E-state index contributed by atoms with van der Waals surface area (Å²) in [5.74, 6) is -0.836. The molecule has 0 bridgehead atoms. The van der Waals surface area contributed by atoms with Crippen LogP contribution in [-0.4, -0.2) is 23.5 Å². The number of Topliss-reactive ketones (excluding diaryl/α,β-unsaturated/α-hetero) is 1. The van der Waals surface area contributed by atoms with E-state index in [4.69, 9.17) is 9.84 Å². The minimum atomic E-state index is -0.570. The van der Waals surface area contributed by atoms with Crippen LogP contribution in [0.25, 0.3) is 11.1 Å². The fraction of sp³-hybridized carbons (Fsp3) is 0.0909. The Hall–Kier alpha value is -2.76. The van der Waals surface area contributed by atoms with Gasteiger partial charge in [-0.3, -0.25) is 4.79 Å². The molecule has 0 heterocycles. The van der Waals surface area contributed by atoms with Gasteiger partial charge in [-0.2, -0.15) is 0 Å². The number of ether oxygens (including phenoxy) is 1. The van der Waals surface area contributed by atoms with E-state index >= 15 is 0 Å². The van der Waals surface area contributed by atoms with Crippen LogP contribution < -0.4 is 0 Å². The van der Waals surface area contributed by atoms with Crippen LogP contribution in [-0.2, 0) is 11.3 Å². The lowest BCUT2D eigenvalue weighted by atomic mass is 10.0. The van der Waals surface area contributed by atoms with Crippen molar-refractivity contribution in [3.05, 3.63) is 94.0 Å². The lowest BCUT2D eigenvalue weighted by Crippen LogP contribution is -2.14. The van der Waals surface area contributed by atoms with Crippen LogP contribution in [0.4, 0.5) is 0 Å². The number of aliphatic hydroxyl groups excluding tert-OH is 1. The van der Waals surface area contributed by atoms with Crippen molar-refractivity contribution in [2.75, 3.05) is 6.61 Å².